The lowest BCUT2D eigenvalue weighted by Gasteiger charge is -2.17. The van der Waals surface area contributed by atoms with Crippen molar-refractivity contribution in [2.75, 3.05) is 18.4 Å². The Morgan fingerprint density at radius 2 is 2.10 bits per heavy atom. The van der Waals surface area contributed by atoms with E-state index in [1.165, 1.54) is 12.1 Å². The van der Waals surface area contributed by atoms with Crippen molar-refractivity contribution in [3.8, 4) is 0 Å². The molecule has 0 aliphatic carbocycles. The Morgan fingerprint density at radius 1 is 1.28 bits per heavy atom. The van der Waals surface area contributed by atoms with Gasteiger partial charge in [-0.3, -0.25) is 9.59 Å². The molecule has 2 amide bonds. The number of halogens is 1. The maximum Gasteiger partial charge on any atom is 0.229 e. The van der Waals surface area contributed by atoms with Crippen molar-refractivity contribution in [1.29, 1.82) is 0 Å². The lowest BCUT2D eigenvalue weighted by atomic mass is 10.1. The van der Waals surface area contributed by atoms with Crippen LogP contribution in [0.15, 0.2) is 42.6 Å². The molecule has 0 saturated carbocycles. The van der Waals surface area contributed by atoms with E-state index in [9.17, 15) is 14.0 Å². The molecule has 3 aromatic rings. The standard InChI is InChI=1S/C23H24FN3O2/c1-14-4-3-5-20(15(14)2)26-23(29)17-10-22(28)27(13-17)9-8-16-12-25-21-7-6-18(24)11-19(16)21/h3-7,11-12,17,25H,8-10,13H2,1-2H3,(H,26,29). The Morgan fingerprint density at radius 3 is 2.93 bits per heavy atom. The van der Waals surface area contributed by atoms with Gasteiger partial charge in [-0.05, 0) is 61.2 Å². The highest BCUT2D eigenvalue weighted by atomic mass is 19.1. The monoisotopic (exact) mass is 393 g/mol. The normalized spacial score (nSPS) is 16.6. The Labute approximate surface area is 168 Å². The van der Waals surface area contributed by atoms with Gasteiger partial charge in [0.2, 0.25) is 11.8 Å². The molecule has 2 aromatic carbocycles. The zero-order chi connectivity index (χ0) is 20.5. The maximum absolute atomic E-state index is 13.5. The van der Waals surface area contributed by atoms with Gasteiger partial charge in [0.15, 0.2) is 0 Å². The molecule has 6 heteroatoms. The summed E-state index contributed by atoms with van der Waals surface area (Å²) in [5, 5.41) is 3.80. The first-order chi connectivity index (χ1) is 13.9. The quantitative estimate of drug-likeness (QED) is 0.689. The van der Waals surface area contributed by atoms with E-state index in [0.29, 0.717) is 19.5 Å². The molecule has 0 spiro atoms. The van der Waals surface area contributed by atoms with Crippen LogP contribution in [0, 0.1) is 25.6 Å². The molecule has 0 radical (unpaired) electrons. The second-order valence-electron chi connectivity index (χ2n) is 7.73. The molecule has 1 unspecified atom stereocenters. The van der Waals surface area contributed by atoms with Crippen molar-refractivity contribution in [2.24, 2.45) is 5.92 Å². The topological polar surface area (TPSA) is 65.2 Å². The van der Waals surface area contributed by atoms with Gasteiger partial charge >= 0.3 is 0 Å². The molecule has 2 heterocycles. The Kier molecular flexibility index (Phi) is 5.09. The summed E-state index contributed by atoms with van der Waals surface area (Å²) < 4.78 is 13.5. The van der Waals surface area contributed by atoms with Gasteiger partial charge in [0.1, 0.15) is 5.82 Å². The van der Waals surface area contributed by atoms with Crippen molar-refractivity contribution in [3.05, 3.63) is 65.1 Å². The molecule has 150 valence electrons. The Bertz CT molecular complexity index is 1090. The number of carbonyl (C=O) groups excluding carboxylic acids is 2. The lowest BCUT2D eigenvalue weighted by Crippen LogP contribution is -2.30. The summed E-state index contributed by atoms with van der Waals surface area (Å²) in [5.74, 6) is -0.776. The van der Waals surface area contributed by atoms with Crippen LogP contribution in [-0.4, -0.2) is 34.8 Å². The van der Waals surface area contributed by atoms with Crippen molar-refractivity contribution < 1.29 is 14.0 Å². The summed E-state index contributed by atoms with van der Waals surface area (Å²) in [6, 6.07) is 10.4. The zero-order valence-corrected chi connectivity index (χ0v) is 16.6. The average molecular weight is 393 g/mol. The number of amides is 2. The molecule has 0 bridgehead atoms. The largest absolute Gasteiger partial charge is 0.361 e. The number of aromatic nitrogens is 1. The highest BCUT2D eigenvalue weighted by molar-refractivity contribution is 5.97. The highest BCUT2D eigenvalue weighted by Crippen LogP contribution is 2.24. The van der Waals surface area contributed by atoms with Crippen LogP contribution in [0.4, 0.5) is 10.1 Å². The molecule has 1 aromatic heterocycles. The van der Waals surface area contributed by atoms with Gasteiger partial charge in [-0.2, -0.15) is 0 Å². The second-order valence-corrected chi connectivity index (χ2v) is 7.73. The minimum atomic E-state index is -0.358. The minimum Gasteiger partial charge on any atom is -0.361 e. The van der Waals surface area contributed by atoms with Crippen LogP contribution in [0.2, 0.25) is 0 Å². The number of hydrogen-bond donors (Lipinski definition) is 2. The number of rotatable bonds is 5. The van der Waals surface area contributed by atoms with Gasteiger partial charge < -0.3 is 15.2 Å². The number of anilines is 1. The number of hydrogen-bond acceptors (Lipinski definition) is 2. The van der Waals surface area contributed by atoms with E-state index in [1.54, 1.807) is 11.0 Å². The number of nitrogens with one attached hydrogen (secondary N) is 2. The van der Waals surface area contributed by atoms with E-state index >= 15 is 0 Å². The predicted molar refractivity (Wildman–Crippen MR) is 111 cm³/mol. The third-order valence-corrected chi connectivity index (χ3v) is 5.83. The van der Waals surface area contributed by atoms with E-state index in [-0.39, 0.29) is 30.0 Å². The number of aryl methyl sites for hydroxylation is 1. The van der Waals surface area contributed by atoms with E-state index in [0.717, 1.165) is 33.3 Å². The molecule has 5 nitrogen and oxygen atoms in total. The number of benzene rings is 2. The third-order valence-electron chi connectivity index (χ3n) is 5.83. The number of fused-ring (bicyclic) bond motifs is 1. The fourth-order valence-corrected chi connectivity index (χ4v) is 3.90. The molecule has 4 rings (SSSR count). The molecule has 1 saturated heterocycles. The summed E-state index contributed by atoms with van der Waals surface area (Å²) >= 11 is 0. The fraction of sp³-hybridized carbons (Fsp3) is 0.304. The predicted octanol–water partition coefficient (Wildman–Crippen LogP) is 3.95. The minimum absolute atomic E-state index is 0.0165. The fourth-order valence-electron chi connectivity index (χ4n) is 3.90. The number of H-pyrrole nitrogens is 1. The molecule has 1 fully saturated rings. The van der Waals surface area contributed by atoms with Gasteiger partial charge in [0.05, 0.1) is 5.92 Å². The van der Waals surface area contributed by atoms with Crippen LogP contribution in [0.3, 0.4) is 0 Å². The first-order valence-electron chi connectivity index (χ1n) is 9.82. The van der Waals surface area contributed by atoms with Crippen LogP contribution in [0.25, 0.3) is 10.9 Å². The van der Waals surface area contributed by atoms with Crippen LogP contribution in [0.1, 0.15) is 23.1 Å². The SMILES string of the molecule is Cc1cccc(NC(=O)C2CC(=O)N(CCc3c[nH]c4ccc(F)cc34)C2)c1C. The van der Waals surface area contributed by atoms with Crippen molar-refractivity contribution in [1.82, 2.24) is 9.88 Å². The van der Waals surface area contributed by atoms with E-state index in [2.05, 4.69) is 10.3 Å². The van der Waals surface area contributed by atoms with E-state index < -0.39 is 0 Å². The summed E-state index contributed by atoms with van der Waals surface area (Å²) in [6.07, 6.45) is 2.69. The van der Waals surface area contributed by atoms with Crippen LogP contribution in [0.5, 0.6) is 0 Å². The summed E-state index contributed by atoms with van der Waals surface area (Å²) in [4.78, 5) is 30.0. The van der Waals surface area contributed by atoms with Gasteiger partial charge in [0.25, 0.3) is 0 Å². The van der Waals surface area contributed by atoms with Crippen LogP contribution >= 0.6 is 0 Å². The number of carbonyl (C=O) groups is 2. The molecular weight excluding hydrogens is 369 g/mol. The van der Waals surface area contributed by atoms with E-state index in [4.69, 9.17) is 0 Å². The third kappa shape index (κ3) is 3.88. The average Bonchev–Trinajstić information content (AvgIpc) is 3.26. The Balaban J connectivity index is 1.39. The number of nitrogens with zero attached hydrogens (tertiary/aromatic N) is 1. The van der Waals surface area contributed by atoms with Gasteiger partial charge in [-0.15, -0.1) is 0 Å². The number of aromatic amines is 1. The lowest BCUT2D eigenvalue weighted by molar-refractivity contribution is -0.128. The van der Waals surface area contributed by atoms with Crippen molar-refractivity contribution in [2.45, 2.75) is 26.7 Å². The molecule has 29 heavy (non-hydrogen) atoms. The first-order valence-corrected chi connectivity index (χ1v) is 9.82. The van der Waals surface area contributed by atoms with Gasteiger partial charge in [0, 0.05) is 42.3 Å². The highest BCUT2D eigenvalue weighted by Gasteiger charge is 2.34. The summed E-state index contributed by atoms with van der Waals surface area (Å²) in [6.45, 7) is 4.89. The molecular formula is C23H24FN3O2. The zero-order valence-electron chi connectivity index (χ0n) is 16.6. The smallest absolute Gasteiger partial charge is 0.229 e. The van der Waals surface area contributed by atoms with Gasteiger partial charge in [-0.1, -0.05) is 12.1 Å². The van der Waals surface area contributed by atoms with E-state index in [1.807, 2.05) is 38.2 Å². The summed E-state index contributed by atoms with van der Waals surface area (Å²) in [7, 11) is 0. The van der Waals surface area contributed by atoms with Crippen molar-refractivity contribution >= 4 is 28.4 Å². The number of likely N-dealkylation sites (tertiary alicyclic amines) is 1. The molecule has 1 atom stereocenters. The van der Waals surface area contributed by atoms with Gasteiger partial charge in [-0.25, -0.2) is 4.39 Å². The molecule has 2 N–H and O–H groups in total. The molecule has 1 aliphatic rings. The summed E-state index contributed by atoms with van der Waals surface area (Å²) in [5.41, 5.74) is 4.79. The van der Waals surface area contributed by atoms with Crippen LogP contribution in [-0.2, 0) is 16.0 Å². The maximum atomic E-state index is 13.5. The van der Waals surface area contributed by atoms with Crippen molar-refractivity contribution in [3.63, 3.8) is 0 Å². The second kappa shape index (κ2) is 7.70. The Hall–Kier alpha value is -3.15. The van der Waals surface area contributed by atoms with Crippen LogP contribution < -0.4 is 5.32 Å². The molecule has 1 aliphatic heterocycles. The first kappa shape index (κ1) is 19.2.